The molecule has 1 aromatic carbocycles. The third kappa shape index (κ3) is 4.60. The van der Waals surface area contributed by atoms with E-state index in [1.165, 1.54) is 11.3 Å². The van der Waals surface area contributed by atoms with Gasteiger partial charge in [-0.05, 0) is 36.8 Å². The van der Waals surface area contributed by atoms with Crippen LogP contribution >= 0.6 is 0 Å². The van der Waals surface area contributed by atoms with E-state index in [2.05, 4.69) is 46.4 Å². The Bertz CT molecular complexity index is 595. The summed E-state index contributed by atoms with van der Waals surface area (Å²) >= 11 is 0. The summed E-state index contributed by atoms with van der Waals surface area (Å²) in [5, 5.41) is 12.4. The van der Waals surface area contributed by atoms with Gasteiger partial charge in [-0.1, -0.05) is 12.1 Å². The maximum atomic E-state index is 8.97. The van der Waals surface area contributed by atoms with E-state index in [4.69, 9.17) is 5.11 Å². The van der Waals surface area contributed by atoms with Crippen LogP contribution in [0.4, 0.5) is 17.2 Å². The number of hydrogen-bond donors (Lipinski definition) is 2. The topological polar surface area (TPSA) is 51.6 Å². The molecule has 0 saturated heterocycles. The molecule has 0 aliphatic carbocycles. The van der Waals surface area contributed by atoms with Crippen LogP contribution in [-0.2, 0) is 0 Å². The lowest BCUT2D eigenvalue weighted by Gasteiger charge is -2.19. The van der Waals surface area contributed by atoms with E-state index in [1.807, 2.05) is 44.4 Å². The monoisotopic (exact) mass is 314 g/mol. The van der Waals surface area contributed by atoms with Gasteiger partial charge in [-0.25, -0.2) is 4.98 Å². The maximum Gasteiger partial charge on any atom is 0.126 e. The minimum absolute atomic E-state index is 0.135. The van der Waals surface area contributed by atoms with Crippen molar-refractivity contribution < 1.29 is 5.11 Å². The fourth-order valence-electron chi connectivity index (χ4n) is 2.34. The SMILES string of the molecule is CC(Nc1ccc(N(C)CCO)cn1)c1ccc(N(C)C)cc1. The molecule has 0 radical (unpaired) electrons. The first kappa shape index (κ1) is 17.1. The largest absolute Gasteiger partial charge is 0.395 e. The zero-order valence-corrected chi connectivity index (χ0v) is 14.3. The highest BCUT2D eigenvalue weighted by molar-refractivity contribution is 5.51. The van der Waals surface area contributed by atoms with Crippen molar-refractivity contribution in [1.29, 1.82) is 0 Å². The molecule has 1 unspecified atom stereocenters. The molecule has 124 valence electrons. The van der Waals surface area contributed by atoms with Crippen LogP contribution in [0.5, 0.6) is 0 Å². The molecule has 2 N–H and O–H groups in total. The summed E-state index contributed by atoms with van der Waals surface area (Å²) in [6.07, 6.45) is 1.82. The van der Waals surface area contributed by atoms with Crippen LogP contribution in [0, 0.1) is 0 Å². The van der Waals surface area contributed by atoms with Crippen molar-refractivity contribution in [1.82, 2.24) is 4.98 Å². The van der Waals surface area contributed by atoms with Gasteiger partial charge < -0.3 is 20.2 Å². The number of aromatic nitrogens is 1. The highest BCUT2D eigenvalue weighted by Crippen LogP contribution is 2.22. The molecule has 0 aliphatic rings. The number of aliphatic hydroxyl groups is 1. The molecule has 0 fully saturated rings. The molecule has 2 rings (SSSR count). The number of aliphatic hydroxyl groups excluding tert-OH is 1. The summed E-state index contributed by atoms with van der Waals surface area (Å²) in [7, 11) is 6.02. The number of pyridine rings is 1. The molecule has 0 aliphatic heterocycles. The minimum Gasteiger partial charge on any atom is -0.395 e. The molecule has 0 saturated carbocycles. The van der Waals surface area contributed by atoms with E-state index in [0.717, 1.165) is 11.5 Å². The van der Waals surface area contributed by atoms with E-state index < -0.39 is 0 Å². The van der Waals surface area contributed by atoms with Gasteiger partial charge in [0.05, 0.1) is 18.5 Å². The van der Waals surface area contributed by atoms with Gasteiger partial charge in [-0.15, -0.1) is 0 Å². The molecule has 0 bridgehead atoms. The summed E-state index contributed by atoms with van der Waals surface area (Å²) in [6.45, 7) is 2.86. The lowest BCUT2D eigenvalue weighted by atomic mass is 10.1. The standard InChI is InChI=1S/C18H26N4O/c1-14(15-5-7-16(8-6-15)21(2)3)20-18-10-9-17(13-19-18)22(4)11-12-23/h5-10,13-14,23H,11-12H2,1-4H3,(H,19,20). The Morgan fingerprint density at radius 3 is 2.22 bits per heavy atom. The quantitative estimate of drug-likeness (QED) is 0.823. The average molecular weight is 314 g/mol. The van der Waals surface area contributed by atoms with Crippen LogP contribution in [-0.4, -0.2) is 44.4 Å². The number of hydrogen-bond acceptors (Lipinski definition) is 5. The van der Waals surface area contributed by atoms with Gasteiger partial charge in [0, 0.05) is 39.4 Å². The van der Waals surface area contributed by atoms with E-state index >= 15 is 0 Å². The van der Waals surface area contributed by atoms with Crippen LogP contribution < -0.4 is 15.1 Å². The molecule has 1 aromatic heterocycles. The summed E-state index contributed by atoms with van der Waals surface area (Å²) in [4.78, 5) is 8.51. The van der Waals surface area contributed by atoms with Crippen LogP contribution in [0.15, 0.2) is 42.6 Å². The highest BCUT2D eigenvalue weighted by Gasteiger charge is 2.07. The summed E-state index contributed by atoms with van der Waals surface area (Å²) in [5.41, 5.74) is 3.40. The van der Waals surface area contributed by atoms with Gasteiger partial charge in [-0.3, -0.25) is 0 Å². The van der Waals surface area contributed by atoms with Crippen molar-refractivity contribution in [3.05, 3.63) is 48.2 Å². The van der Waals surface area contributed by atoms with Gasteiger partial charge in [0.15, 0.2) is 0 Å². The zero-order valence-electron chi connectivity index (χ0n) is 14.3. The first-order valence-corrected chi connectivity index (χ1v) is 7.83. The predicted octanol–water partition coefficient (Wildman–Crippen LogP) is 2.75. The van der Waals surface area contributed by atoms with Crippen molar-refractivity contribution in [2.45, 2.75) is 13.0 Å². The molecule has 5 heteroatoms. The predicted molar refractivity (Wildman–Crippen MR) is 97.4 cm³/mol. The smallest absolute Gasteiger partial charge is 0.126 e. The van der Waals surface area contributed by atoms with Gasteiger partial charge in [-0.2, -0.15) is 0 Å². The van der Waals surface area contributed by atoms with Crippen LogP contribution in [0.2, 0.25) is 0 Å². The summed E-state index contributed by atoms with van der Waals surface area (Å²) < 4.78 is 0. The third-order valence-corrected chi connectivity index (χ3v) is 3.90. The zero-order chi connectivity index (χ0) is 16.8. The number of benzene rings is 1. The van der Waals surface area contributed by atoms with Gasteiger partial charge in [0.2, 0.25) is 0 Å². The Hall–Kier alpha value is -2.27. The summed E-state index contributed by atoms with van der Waals surface area (Å²) in [5.74, 6) is 0.843. The highest BCUT2D eigenvalue weighted by atomic mass is 16.3. The first-order chi connectivity index (χ1) is 11.0. The molecular formula is C18H26N4O. The molecule has 2 aromatic rings. The van der Waals surface area contributed by atoms with Crippen molar-refractivity contribution in [3.63, 3.8) is 0 Å². The lowest BCUT2D eigenvalue weighted by Crippen LogP contribution is -2.21. The Kier molecular flexibility index (Phi) is 5.82. The van der Waals surface area contributed by atoms with Crippen LogP contribution in [0.1, 0.15) is 18.5 Å². The van der Waals surface area contributed by atoms with Crippen LogP contribution in [0.3, 0.4) is 0 Å². The molecule has 0 amide bonds. The van der Waals surface area contributed by atoms with E-state index in [1.54, 1.807) is 0 Å². The number of nitrogens with zero attached hydrogens (tertiary/aromatic N) is 3. The fourth-order valence-corrected chi connectivity index (χ4v) is 2.34. The van der Waals surface area contributed by atoms with Crippen molar-refractivity contribution in [2.24, 2.45) is 0 Å². The second-order valence-electron chi connectivity index (χ2n) is 5.90. The Morgan fingerprint density at radius 2 is 1.70 bits per heavy atom. The molecule has 0 spiro atoms. The molecule has 23 heavy (non-hydrogen) atoms. The number of likely N-dealkylation sites (N-methyl/N-ethyl adjacent to an activating group) is 1. The minimum atomic E-state index is 0.135. The van der Waals surface area contributed by atoms with Gasteiger partial charge in [0.25, 0.3) is 0 Å². The van der Waals surface area contributed by atoms with Crippen LogP contribution in [0.25, 0.3) is 0 Å². The maximum absolute atomic E-state index is 8.97. The molecule has 1 atom stereocenters. The normalized spacial score (nSPS) is 11.9. The Balaban J connectivity index is 2.00. The first-order valence-electron chi connectivity index (χ1n) is 7.83. The molecular weight excluding hydrogens is 288 g/mol. The van der Waals surface area contributed by atoms with E-state index in [-0.39, 0.29) is 12.6 Å². The Morgan fingerprint density at radius 1 is 1.04 bits per heavy atom. The summed E-state index contributed by atoms with van der Waals surface area (Å²) in [6, 6.07) is 12.7. The molecule has 1 heterocycles. The fraction of sp³-hybridized carbons (Fsp3) is 0.389. The van der Waals surface area contributed by atoms with E-state index in [0.29, 0.717) is 6.54 Å². The number of anilines is 3. The third-order valence-electron chi connectivity index (χ3n) is 3.90. The lowest BCUT2D eigenvalue weighted by molar-refractivity contribution is 0.304. The number of rotatable bonds is 7. The van der Waals surface area contributed by atoms with Gasteiger partial charge >= 0.3 is 0 Å². The Labute approximate surface area is 138 Å². The van der Waals surface area contributed by atoms with E-state index in [9.17, 15) is 0 Å². The van der Waals surface area contributed by atoms with Gasteiger partial charge in [0.1, 0.15) is 5.82 Å². The van der Waals surface area contributed by atoms with Crippen molar-refractivity contribution in [2.75, 3.05) is 49.4 Å². The average Bonchev–Trinajstić information content (AvgIpc) is 2.55. The van der Waals surface area contributed by atoms with Crippen molar-refractivity contribution in [3.8, 4) is 0 Å². The number of nitrogens with one attached hydrogen (secondary N) is 1. The molecule has 5 nitrogen and oxygen atoms in total. The van der Waals surface area contributed by atoms with Crippen molar-refractivity contribution >= 4 is 17.2 Å². The second-order valence-corrected chi connectivity index (χ2v) is 5.90. The second kappa shape index (κ2) is 7.83.